The topological polar surface area (TPSA) is 192 Å². The molecule has 2 aliphatic carbocycles. The quantitative estimate of drug-likeness (QED) is 0.287. The molecule has 1 aromatic carbocycles. The molecule has 3 aromatic rings. The third-order valence-corrected chi connectivity index (χ3v) is 17.0. The number of hydrogen-bond acceptors (Lipinski definition) is 10. The number of imidazole rings is 1. The average molecular weight is 857 g/mol. The lowest BCUT2D eigenvalue weighted by atomic mass is 9.81. The number of aromatic nitrogens is 4. The molecule has 2 aromatic heterocycles. The van der Waals surface area contributed by atoms with E-state index in [2.05, 4.69) is 22.5 Å². The summed E-state index contributed by atoms with van der Waals surface area (Å²) < 4.78 is 34.1. The number of nitrogens with zero attached hydrogens (tertiary/aromatic N) is 8. The van der Waals surface area contributed by atoms with E-state index < -0.39 is 33.1 Å². The number of rotatable bonds is 10. The van der Waals surface area contributed by atoms with Crippen LogP contribution in [0.3, 0.4) is 0 Å². The van der Waals surface area contributed by atoms with Crippen LogP contribution in [0.1, 0.15) is 114 Å². The second-order valence-electron chi connectivity index (χ2n) is 18.8. The number of amides is 4. The molecule has 7 heterocycles. The van der Waals surface area contributed by atoms with Gasteiger partial charge < -0.3 is 10.2 Å². The number of aryl methyl sites for hydroxylation is 2. The van der Waals surface area contributed by atoms with Crippen LogP contribution < -0.4 is 21.2 Å². The average Bonchev–Trinajstić information content (AvgIpc) is 3.80. The Bertz CT molecular complexity index is 2480. The third kappa shape index (κ3) is 6.60. The van der Waals surface area contributed by atoms with Crippen molar-refractivity contribution in [1.82, 2.24) is 37.9 Å². The van der Waals surface area contributed by atoms with Gasteiger partial charge in [-0.15, -0.1) is 0 Å². The van der Waals surface area contributed by atoms with Crippen molar-refractivity contribution in [2.45, 2.75) is 132 Å². The van der Waals surface area contributed by atoms with Gasteiger partial charge >= 0.3 is 5.69 Å². The fourth-order valence-electron chi connectivity index (χ4n) is 11.5. The van der Waals surface area contributed by atoms with Crippen molar-refractivity contribution in [1.29, 1.82) is 0 Å². The number of imide groups is 1. The number of carbonyl (C=O) groups is 4. The van der Waals surface area contributed by atoms with E-state index >= 15 is 0 Å². The molecule has 61 heavy (non-hydrogen) atoms. The molecule has 4 amide bonds. The van der Waals surface area contributed by atoms with Gasteiger partial charge in [0.1, 0.15) is 11.9 Å². The van der Waals surface area contributed by atoms with Crippen molar-refractivity contribution in [3.8, 4) is 0 Å². The van der Waals surface area contributed by atoms with Crippen molar-refractivity contribution < 1.29 is 27.6 Å². The maximum atomic E-state index is 14.0. The van der Waals surface area contributed by atoms with E-state index in [0.29, 0.717) is 68.2 Å². The van der Waals surface area contributed by atoms with Crippen LogP contribution in [0, 0.1) is 5.92 Å². The van der Waals surface area contributed by atoms with Crippen molar-refractivity contribution in [2.75, 3.05) is 42.9 Å². The molecule has 18 heteroatoms. The SMILES string of the molecule is CC1CCCC1N1C(=O)C2(CC2)c2cnc(NC3CCN(S(=O)(=O)N4CC5(CCCCN5C(=O)CCCc5cccc6c5n(C)c(=O)n6C5CCC(=O)NC5=O)C4)CC3)nc21. The molecule has 326 valence electrons. The Morgan fingerprint density at radius 1 is 0.951 bits per heavy atom. The predicted molar refractivity (Wildman–Crippen MR) is 226 cm³/mol. The number of carbonyl (C=O) groups excluding carboxylic acids is 4. The van der Waals surface area contributed by atoms with Gasteiger partial charge in [-0.3, -0.25) is 38.5 Å². The molecule has 2 spiro atoms. The van der Waals surface area contributed by atoms with Crippen LogP contribution in [0.15, 0.2) is 29.2 Å². The molecule has 5 aliphatic heterocycles. The van der Waals surface area contributed by atoms with Gasteiger partial charge in [-0.1, -0.05) is 25.5 Å². The molecule has 7 aliphatic rings. The summed E-state index contributed by atoms with van der Waals surface area (Å²) >= 11 is 0. The third-order valence-electron chi connectivity index (χ3n) is 15.1. The van der Waals surface area contributed by atoms with Gasteiger partial charge in [0.05, 0.1) is 22.0 Å². The Morgan fingerprint density at radius 3 is 2.46 bits per heavy atom. The highest BCUT2D eigenvalue weighted by Crippen LogP contribution is 2.58. The smallest absolute Gasteiger partial charge is 0.329 e. The monoisotopic (exact) mass is 856 g/mol. The summed E-state index contributed by atoms with van der Waals surface area (Å²) in [5, 5.41) is 5.82. The van der Waals surface area contributed by atoms with Crippen LogP contribution in [-0.4, -0.2) is 115 Å². The number of fused-ring (bicyclic) bond motifs is 3. The highest BCUT2D eigenvalue weighted by molar-refractivity contribution is 7.86. The number of benzene rings is 1. The van der Waals surface area contributed by atoms with E-state index in [4.69, 9.17) is 4.98 Å². The first-order chi connectivity index (χ1) is 29.3. The molecule has 17 nitrogen and oxygen atoms in total. The molecule has 3 atom stereocenters. The lowest BCUT2D eigenvalue weighted by Gasteiger charge is -2.58. The largest absolute Gasteiger partial charge is 0.351 e. The summed E-state index contributed by atoms with van der Waals surface area (Å²) in [5.74, 6) is 1.04. The number of hydrogen-bond donors (Lipinski definition) is 2. The molecule has 2 N–H and O–H groups in total. The van der Waals surface area contributed by atoms with E-state index in [9.17, 15) is 32.4 Å². The Kier molecular flexibility index (Phi) is 9.93. The zero-order valence-electron chi connectivity index (χ0n) is 35.1. The first kappa shape index (κ1) is 40.4. The Morgan fingerprint density at radius 2 is 1.74 bits per heavy atom. The van der Waals surface area contributed by atoms with Crippen molar-refractivity contribution in [2.24, 2.45) is 13.0 Å². The molecular weight excluding hydrogens is 801 g/mol. The normalized spacial score (nSPS) is 26.6. The Hall–Kier alpha value is -4.68. The first-order valence-electron chi connectivity index (χ1n) is 22.4. The van der Waals surface area contributed by atoms with Crippen molar-refractivity contribution in [3.05, 3.63) is 46.0 Å². The standard InChI is InChI=1S/C43H56N10O7S/c1-27-8-5-11-31(27)53-37-30(43(19-20-43)39(53)57)24-44-40(47-37)45-29-16-22-49(23-17-29)61(59,60)50-25-42(26-50)18-3-4-21-51(42)35(55)13-7-10-28-9-6-12-32-36(28)48(2)41(58)52(32)33-14-15-34(54)46-38(33)56/h6,9,12,24,27,29,31,33H,3-5,7-8,10-11,13-23,25-26H2,1-2H3,(H,44,45,47)(H,46,54,56). The molecule has 6 fully saturated rings. The number of nitrogens with one attached hydrogen (secondary N) is 2. The van der Waals surface area contributed by atoms with Gasteiger partial charge in [0, 0.05) is 76.5 Å². The number of para-hydroxylation sites is 1. The Labute approximate surface area is 355 Å². The number of likely N-dealkylation sites (tertiary alicyclic amines) is 1. The van der Waals surface area contributed by atoms with Crippen molar-refractivity contribution in [3.63, 3.8) is 0 Å². The van der Waals surface area contributed by atoms with Crippen LogP contribution >= 0.6 is 0 Å². The van der Waals surface area contributed by atoms with E-state index in [0.717, 1.165) is 68.3 Å². The minimum Gasteiger partial charge on any atom is -0.351 e. The van der Waals surface area contributed by atoms with Crippen LogP contribution in [-0.2, 0) is 48.3 Å². The van der Waals surface area contributed by atoms with Crippen molar-refractivity contribution >= 4 is 56.6 Å². The Balaban J connectivity index is 0.746. The van der Waals surface area contributed by atoms with Gasteiger partial charge in [0.15, 0.2) is 0 Å². The second kappa shape index (κ2) is 15.0. The minimum absolute atomic E-state index is 0.00774. The fourth-order valence-corrected chi connectivity index (χ4v) is 13.3. The van der Waals surface area contributed by atoms with Crippen LogP contribution in [0.2, 0.25) is 0 Å². The van der Waals surface area contributed by atoms with Crippen LogP contribution in [0.25, 0.3) is 11.0 Å². The maximum Gasteiger partial charge on any atom is 0.329 e. The maximum absolute atomic E-state index is 14.0. The predicted octanol–water partition coefficient (Wildman–Crippen LogP) is 2.89. The van der Waals surface area contributed by atoms with E-state index in [-0.39, 0.29) is 67.8 Å². The number of piperidine rings is 3. The summed E-state index contributed by atoms with van der Waals surface area (Å²) in [6, 6.07) is 4.99. The van der Waals surface area contributed by atoms with Gasteiger partial charge in [0.2, 0.25) is 29.6 Å². The first-order valence-corrected chi connectivity index (χ1v) is 23.8. The van der Waals surface area contributed by atoms with Gasteiger partial charge in [-0.25, -0.2) is 9.78 Å². The minimum atomic E-state index is -3.73. The summed E-state index contributed by atoms with van der Waals surface area (Å²) in [4.78, 5) is 78.9. The van der Waals surface area contributed by atoms with E-state index in [1.807, 2.05) is 34.2 Å². The summed E-state index contributed by atoms with van der Waals surface area (Å²) in [5.41, 5.74) is 1.90. The van der Waals surface area contributed by atoms with Crippen LogP contribution in [0.5, 0.6) is 0 Å². The fraction of sp³-hybridized carbons (Fsp3) is 0.651. The van der Waals surface area contributed by atoms with Crippen LogP contribution in [0.4, 0.5) is 11.8 Å². The van der Waals surface area contributed by atoms with Gasteiger partial charge in [0.25, 0.3) is 10.2 Å². The van der Waals surface area contributed by atoms with Gasteiger partial charge in [-0.05, 0) is 94.6 Å². The zero-order valence-corrected chi connectivity index (χ0v) is 35.9. The van der Waals surface area contributed by atoms with E-state index in [1.165, 1.54) is 13.4 Å². The molecule has 0 radical (unpaired) electrons. The molecule has 0 bridgehead atoms. The van der Waals surface area contributed by atoms with E-state index in [1.54, 1.807) is 11.4 Å². The zero-order chi connectivity index (χ0) is 42.4. The summed E-state index contributed by atoms with van der Waals surface area (Å²) in [6.07, 6.45) is 12.3. The summed E-state index contributed by atoms with van der Waals surface area (Å²) in [6.45, 7) is 4.11. The summed E-state index contributed by atoms with van der Waals surface area (Å²) in [7, 11) is -2.05. The highest BCUT2D eigenvalue weighted by Gasteiger charge is 2.62. The number of anilines is 2. The molecular formula is C43H56N10O7S. The van der Waals surface area contributed by atoms with Gasteiger partial charge in [-0.2, -0.15) is 22.0 Å². The lowest BCUT2D eigenvalue weighted by Crippen LogP contribution is -2.74. The lowest BCUT2D eigenvalue weighted by molar-refractivity contribution is -0.147. The second-order valence-corrected chi connectivity index (χ2v) is 20.7. The molecule has 10 rings (SSSR count). The molecule has 4 saturated heterocycles. The highest BCUT2D eigenvalue weighted by atomic mass is 32.2. The molecule has 2 saturated carbocycles. The molecule has 3 unspecified atom stereocenters.